The zero-order chi connectivity index (χ0) is 16.1. The summed E-state index contributed by atoms with van der Waals surface area (Å²) in [4.78, 5) is 2.24. The lowest BCUT2D eigenvalue weighted by molar-refractivity contribution is 0.412. The van der Waals surface area contributed by atoms with Gasteiger partial charge in [-0.1, -0.05) is 54.2 Å². The number of methoxy groups -OCH3 is 1. The van der Waals surface area contributed by atoms with Crippen LogP contribution in [-0.2, 0) is 6.54 Å². The summed E-state index contributed by atoms with van der Waals surface area (Å²) in [6.07, 6.45) is 2.03. The van der Waals surface area contributed by atoms with Crippen LogP contribution in [0.1, 0.15) is 11.1 Å². The van der Waals surface area contributed by atoms with E-state index in [1.807, 2.05) is 36.6 Å². The van der Waals surface area contributed by atoms with Gasteiger partial charge in [0.25, 0.3) is 0 Å². The van der Waals surface area contributed by atoms with Gasteiger partial charge in [0.1, 0.15) is 5.75 Å². The molecular formula is C18H19N3OS. The Morgan fingerprint density at radius 1 is 1.04 bits per heavy atom. The standard InChI is InChI=1S/C18H19N3OS/c1-22-17-11-7-6-10-15(17)16-13-21(18(23-2)20-19-16)12-14-8-4-3-5-9-14/h3-11H,12-13H2,1-2H3. The summed E-state index contributed by atoms with van der Waals surface area (Å²) in [5.74, 6) is 0.828. The Morgan fingerprint density at radius 3 is 2.52 bits per heavy atom. The SMILES string of the molecule is COc1ccccc1C1=NN=C(SC)N(Cc2ccccc2)C1. The molecule has 23 heavy (non-hydrogen) atoms. The normalized spacial score (nSPS) is 14.3. The van der Waals surface area contributed by atoms with E-state index in [1.54, 1.807) is 18.9 Å². The first-order valence-corrected chi connectivity index (χ1v) is 8.65. The third-order valence-corrected chi connectivity index (χ3v) is 4.39. The van der Waals surface area contributed by atoms with Crippen LogP contribution in [0.3, 0.4) is 0 Å². The monoisotopic (exact) mass is 325 g/mol. The first kappa shape index (κ1) is 15.6. The van der Waals surface area contributed by atoms with E-state index in [2.05, 4.69) is 39.4 Å². The molecule has 0 saturated heterocycles. The Bertz CT molecular complexity index is 728. The van der Waals surface area contributed by atoms with Gasteiger partial charge in [-0.15, -0.1) is 5.10 Å². The zero-order valence-electron chi connectivity index (χ0n) is 13.3. The number of ether oxygens (including phenoxy) is 1. The van der Waals surface area contributed by atoms with Gasteiger partial charge in [-0.05, 0) is 24.0 Å². The van der Waals surface area contributed by atoms with Gasteiger partial charge in [-0.3, -0.25) is 0 Å². The summed E-state index contributed by atoms with van der Waals surface area (Å²) < 4.78 is 5.45. The van der Waals surface area contributed by atoms with Crippen LogP contribution in [0.2, 0.25) is 0 Å². The molecule has 1 aliphatic heterocycles. The van der Waals surface area contributed by atoms with E-state index in [9.17, 15) is 0 Å². The molecule has 0 unspecified atom stereocenters. The van der Waals surface area contributed by atoms with Gasteiger partial charge in [0.05, 0.1) is 19.4 Å². The van der Waals surface area contributed by atoms with Gasteiger partial charge < -0.3 is 9.64 Å². The number of benzene rings is 2. The predicted molar refractivity (Wildman–Crippen MR) is 97.3 cm³/mol. The van der Waals surface area contributed by atoms with Crippen molar-refractivity contribution in [2.75, 3.05) is 19.9 Å². The van der Waals surface area contributed by atoms with Crippen LogP contribution >= 0.6 is 11.8 Å². The van der Waals surface area contributed by atoms with Crippen LogP contribution < -0.4 is 4.74 Å². The molecule has 0 aromatic heterocycles. The van der Waals surface area contributed by atoms with E-state index < -0.39 is 0 Å². The van der Waals surface area contributed by atoms with E-state index in [1.165, 1.54) is 5.56 Å². The molecule has 0 aliphatic carbocycles. The molecule has 3 rings (SSSR count). The van der Waals surface area contributed by atoms with E-state index in [-0.39, 0.29) is 0 Å². The lowest BCUT2D eigenvalue weighted by Crippen LogP contribution is -2.36. The molecule has 0 spiro atoms. The first-order valence-electron chi connectivity index (χ1n) is 7.42. The smallest absolute Gasteiger partial charge is 0.186 e. The Morgan fingerprint density at radius 2 is 1.78 bits per heavy atom. The second-order valence-electron chi connectivity index (χ2n) is 5.18. The Balaban J connectivity index is 1.87. The first-order chi connectivity index (χ1) is 11.3. The van der Waals surface area contributed by atoms with Crippen molar-refractivity contribution in [2.45, 2.75) is 6.54 Å². The van der Waals surface area contributed by atoms with Crippen LogP contribution in [0, 0.1) is 0 Å². The van der Waals surface area contributed by atoms with E-state index in [0.717, 1.165) is 35.3 Å². The summed E-state index contributed by atoms with van der Waals surface area (Å²) in [6, 6.07) is 18.4. The fourth-order valence-corrected chi connectivity index (χ4v) is 3.08. The molecule has 1 heterocycles. The fourth-order valence-electron chi connectivity index (χ4n) is 2.57. The zero-order valence-corrected chi connectivity index (χ0v) is 14.1. The van der Waals surface area contributed by atoms with E-state index in [0.29, 0.717) is 0 Å². The quantitative estimate of drug-likeness (QED) is 0.861. The number of nitrogens with zero attached hydrogens (tertiary/aromatic N) is 3. The minimum Gasteiger partial charge on any atom is -0.496 e. The average Bonchev–Trinajstić information content (AvgIpc) is 2.62. The van der Waals surface area contributed by atoms with Gasteiger partial charge in [-0.25, -0.2) is 0 Å². The van der Waals surface area contributed by atoms with Crippen molar-refractivity contribution < 1.29 is 4.74 Å². The third-order valence-electron chi connectivity index (χ3n) is 3.68. The number of hydrogen-bond acceptors (Lipinski definition) is 5. The van der Waals surface area contributed by atoms with Crippen LogP contribution in [0.5, 0.6) is 5.75 Å². The Kier molecular flexibility index (Phi) is 4.98. The van der Waals surface area contributed by atoms with Crippen molar-refractivity contribution in [3.05, 3.63) is 65.7 Å². The number of amidine groups is 1. The molecule has 1 aliphatic rings. The average molecular weight is 325 g/mol. The van der Waals surface area contributed by atoms with Crippen molar-refractivity contribution in [1.82, 2.24) is 4.90 Å². The van der Waals surface area contributed by atoms with Crippen LogP contribution in [0.15, 0.2) is 64.8 Å². The maximum absolute atomic E-state index is 5.45. The molecule has 118 valence electrons. The number of rotatable bonds is 4. The van der Waals surface area contributed by atoms with Crippen molar-refractivity contribution in [1.29, 1.82) is 0 Å². The van der Waals surface area contributed by atoms with Gasteiger partial charge in [0.15, 0.2) is 5.17 Å². The van der Waals surface area contributed by atoms with Crippen LogP contribution in [0.25, 0.3) is 0 Å². The molecule has 0 bridgehead atoms. The number of hydrogen-bond donors (Lipinski definition) is 0. The second kappa shape index (κ2) is 7.33. The number of thioether (sulfide) groups is 1. The summed E-state index contributed by atoms with van der Waals surface area (Å²) in [5.41, 5.74) is 3.18. The fraction of sp³-hybridized carbons (Fsp3) is 0.222. The van der Waals surface area contributed by atoms with Crippen LogP contribution in [-0.4, -0.2) is 35.7 Å². The molecule has 2 aromatic carbocycles. The summed E-state index contributed by atoms with van der Waals surface area (Å²) in [7, 11) is 1.68. The largest absolute Gasteiger partial charge is 0.496 e. The molecular weight excluding hydrogens is 306 g/mol. The van der Waals surface area contributed by atoms with Crippen molar-refractivity contribution in [2.24, 2.45) is 10.2 Å². The molecule has 0 atom stereocenters. The van der Waals surface area contributed by atoms with Crippen molar-refractivity contribution in [3.8, 4) is 5.75 Å². The molecule has 4 nitrogen and oxygen atoms in total. The van der Waals surface area contributed by atoms with E-state index >= 15 is 0 Å². The third kappa shape index (κ3) is 3.56. The topological polar surface area (TPSA) is 37.2 Å². The molecule has 0 fully saturated rings. The molecule has 2 aromatic rings. The van der Waals surface area contributed by atoms with E-state index in [4.69, 9.17) is 4.74 Å². The second-order valence-corrected chi connectivity index (χ2v) is 5.95. The van der Waals surface area contributed by atoms with Crippen molar-refractivity contribution >= 4 is 22.6 Å². The molecule has 0 saturated carbocycles. The maximum Gasteiger partial charge on any atom is 0.186 e. The van der Waals surface area contributed by atoms with Crippen LogP contribution in [0.4, 0.5) is 0 Å². The summed E-state index contributed by atoms with van der Waals surface area (Å²) in [6.45, 7) is 1.53. The predicted octanol–water partition coefficient (Wildman–Crippen LogP) is 3.63. The summed E-state index contributed by atoms with van der Waals surface area (Å²) in [5, 5.41) is 9.75. The lowest BCUT2D eigenvalue weighted by Gasteiger charge is -2.28. The highest BCUT2D eigenvalue weighted by Gasteiger charge is 2.21. The van der Waals surface area contributed by atoms with Gasteiger partial charge in [0.2, 0.25) is 0 Å². The van der Waals surface area contributed by atoms with Gasteiger partial charge >= 0.3 is 0 Å². The molecule has 5 heteroatoms. The molecule has 0 N–H and O–H groups in total. The number of para-hydroxylation sites is 1. The van der Waals surface area contributed by atoms with Gasteiger partial charge in [0, 0.05) is 12.1 Å². The highest BCUT2D eigenvalue weighted by molar-refractivity contribution is 8.13. The molecule has 0 radical (unpaired) electrons. The maximum atomic E-state index is 5.45. The lowest BCUT2D eigenvalue weighted by atomic mass is 10.1. The highest BCUT2D eigenvalue weighted by Crippen LogP contribution is 2.23. The summed E-state index contributed by atoms with van der Waals surface area (Å²) >= 11 is 1.62. The molecule has 0 amide bonds. The minimum absolute atomic E-state index is 0.717. The van der Waals surface area contributed by atoms with Crippen molar-refractivity contribution in [3.63, 3.8) is 0 Å². The minimum atomic E-state index is 0.717. The van der Waals surface area contributed by atoms with Gasteiger partial charge in [-0.2, -0.15) is 5.10 Å². The Hall–Kier alpha value is -2.27. The Labute approximate surface area is 140 Å². The highest BCUT2D eigenvalue weighted by atomic mass is 32.2.